The fourth-order valence-electron chi connectivity index (χ4n) is 3.77. The summed E-state index contributed by atoms with van der Waals surface area (Å²) < 4.78 is 14.4. The third-order valence-electron chi connectivity index (χ3n) is 5.40. The predicted molar refractivity (Wildman–Crippen MR) is 102 cm³/mol. The van der Waals surface area contributed by atoms with Crippen LogP contribution in [0, 0.1) is 11.7 Å². The van der Waals surface area contributed by atoms with Crippen molar-refractivity contribution in [2.24, 2.45) is 5.92 Å². The molecule has 0 N–H and O–H groups in total. The van der Waals surface area contributed by atoms with E-state index < -0.39 is 0 Å². The maximum atomic E-state index is 14.4. The number of fused-ring (bicyclic) bond motifs is 1. The number of hydrogen-bond donors (Lipinski definition) is 0. The topological polar surface area (TPSA) is 42.9 Å². The molecule has 1 heterocycles. The molecule has 3 nitrogen and oxygen atoms in total. The van der Waals surface area contributed by atoms with Crippen LogP contribution < -0.4 is 0 Å². The third-order valence-corrected chi connectivity index (χ3v) is 5.57. The number of rotatable bonds is 5. The highest BCUT2D eigenvalue weighted by molar-refractivity contribution is 6.28. The predicted octanol–water partition coefficient (Wildman–Crippen LogP) is 5.54. The van der Waals surface area contributed by atoms with Crippen LogP contribution in [0.15, 0.2) is 24.3 Å². The number of aromatic nitrogens is 2. The van der Waals surface area contributed by atoms with Crippen molar-refractivity contribution in [1.29, 1.82) is 0 Å². The second-order valence-corrected chi connectivity index (χ2v) is 8.02. The number of benzene rings is 1. The molecule has 5 heteroatoms. The molecule has 0 aliphatic heterocycles. The zero-order valence-electron chi connectivity index (χ0n) is 15.5. The maximum Gasteiger partial charge on any atom is 0.223 e. The maximum absolute atomic E-state index is 14.4. The Kier molecular flexibility index (Phi) is 5.42. The highest BCUT2D eigenvalue weighted by Gasteiger charge is 2.36. The molecule has 1 aliphatic carbocycles. The fraction of sp³-hybridized carbons (Fsp3) is 0.476. The Bertz CT molecular complexity index is 837. The Balaban J connectivity index is 2.05. The lowest BCUT2D eigenvalue weighted by molar-refractivity contribution is -0.122. The highest BCUT2D eigenvalue weighted by Crippen LogP contribution is 2.43. The Morgan fingerprint density at radius 2 is 2.04 bits per heavy atom. The molecular weight excluding hydrogens is 351 g/mol. The Morgan fingerprint density at radius 3 is 2.73 bits per heavy atom. The van der Waals surface area contributed by atoms with Gasteiger partial charge in [0, 0.05) is 28.9 Å². The van der Waals surface area contributed by atoms with Crippen molar-refractivity contribution >= 4 is 17.4 Å². The van der Waals surface area contributed by atoms with Gasteiger partial charge in [0.1, 0.15) is 11.6 Å². The number of Topliss-reactive ketones (excluding diaryl/α,β-unsaturated/α-hetero) is 1. The number of ketones is 1. The average Bonchev–Trinajstić information content (AvgIpc) is 2.60. The van der Waals surface area contributed by atoms with Crippen LogP contribution >= 0.6 is 11.6 Å². The van der Waals surface area contributed by atoms with Crippen LogP contribution in [-0.2, 0) is 16.6 Å². The normalized spacial score (nSPS) is 19.5. The van der Waals surface area contributed by atoms with E-state index in [1.165, 1.54) is 6.07 Å². The quantitative estimate of drug-likeness (QED) is 0.645. The van der Waals surface area contributed by atoms with Crippen LogP contribution in [0.5, 0.6) is 0 Å². The van der Waals surface area contributed by atoms with Crippen LogP contribution in [-0.4, -0.2) is 15.8 Å². The lowest BCUT2D eigenvalue weighted by atomic mass is 9.70. The van der Waals surface area contributed by atoms with Crippen LogP contribution in [0.4, 0.5) is 4.39 Å². The van der Waals surface area contributed by atoms with E-state index in [0.29, 0.717) is 17.7 Å². The summed E-state index contributed by atoms with van der Waals surface area (Å²) in [5.74, 6) is -0.0239. The Labute approximate surface area is 159 Å². The number of nitrogens with zero attached hydrogens (tertiary/aromatic N) is 2. The van der Waals surface area contributed by atoms with E-state index >= 15 is 0 Å². The van der Waals surface area contributed by atoms with Crippen molar-refractivity contribution in [3.8, 4) is 11.3 Å². The molecule has 0 fully saturated rings. The summed E-state index contributed by atoms with van der Waals surface area (Å²) in [5, 5.41) is 0.130. The first-order valence-electron chi connectivity index (χ1n) is 9.16. The van der Waals surface area contributed by atoms with Gasteiger partial charge in [-0.2, -0.15) is 0 Å². The summed E-state index contributed by atoms with van der Waals surface area (Å²) in [6.45, 7) is 5.98. The van der Waals surface area contributed by atoms with Crippen LogP contribution in [0.2, 0.25) is 5.28 Å². The van der Waals surface area contributed by atoms with E-state index in [0.717, 1.165) is 36.9 Å². The fourth-order valence-corrected chi connectivity index (χ4v) is 3.94. The first-order chi connectivity index (χ1) is 12.3. The van der Waals surface area contributed by atoms with E-state index in [9.17, 15) is 9.18 Å². The van der Waals surface area contributed by atoms with E-state index in [4.69, 9.17) is 11.6 Å². The van der Waals surface area contributed by atoms with Gasteiger partial charge < -0.3 is 0 Å². The van der Waals surface area contributed by atoms with E-state index in [1.807, 2.05) is 13.8 Å². The van der Waals surface area contributed by atoms with Gasteiger partial charge >= 0.3 is 0 Å². The number of carbonyl (C=O) groups is 1. The molecule has 1 aromatic heterocycles. The third kappa shape index (κ3) is 3.66. The molecule has 1 aliphatic rings. The Morgan fingerprint density at radius 1 is 1.31 bits per heavy atom. The standard InChI is InChI=1S/C21H24ClFN2O/c1-13(2)17(26)10-12-21(3)11-6-8-15-18(24-20(22)25-19(15)21)14-7-4-5-9-16(14)23/h4-5,7,9,13H,6,8,10-12H2,1-3H3/t21-/m0/s1. The zero-order chi connectivity index (χ0) is 18.9. The van der Waals surface area contributed by atoms with Gasteiger partial charge in [0.25, 0.3) is 0 Å². The van der Waals surface area contributed by atoms with E-state index in [2.05, 4.69) is 16.9 Å². The molecule has 138 valence electrons. The molecule has 0 radical (unpaired) electrons. The van der Waals surface area contributed by atoms with Gasteiger partial charge in [-0.15, -0.1) is 0 Å². The van der Waals surface area contributed by atoms with Crippen LogP contribution in [0.1, 0.15) is 57.7 Å². The molecule has 0 unspecified atom stereocenters. The first kappa shape index (κ1) is 19.0. The number of hydrogen-bond acceptors (Lipinski definition) is 3. The van der Waals surface area contributed by atoms with Crippen molar-refractivity contribution in [3.05, 3.63) is 46.6 Å². The number of carbonyl (C=O) groups excluding carboxylic acids is 1. The molecule has 2 aromatic rings. The van der Waals surface area contributed by atoms with Crippen LogP contribution in [0.25, 0.3) is 11.3 Å². The van der Waals surface area contributed by atoms with Gasteiger partial charge in [-0.1, -0.05) is 32.9 Å². The van der Waals surface area contributed by atoms with Gasteiger partial charge in [0.05, 0.1) is 11.4 Å². The molecular formula is C21H24ClFN2O. The molecule has 1 atom stereocenters. The van der Waals surface area contributed by atoms with Crippen molar-refractivity contribution in [3.63, 3.8) is 0 Å². The molecule has 26 heavy (non-hydrogen) atoms. The number of halogens is 2. The van der Waals surface area contributed by atoms with Gasteiger partial charge in [-0.25, -0.2) is 14.4 Å². The monoisotopic (exact) mass is 374 g/mol. The smallest absolute Gasteiger partial charge is 0.223 e. The molecule has 0 saturated carbocycles. The lowest BCUT2D eigenvalue weighted by Gasteiger charge is -2.35. The van der Waals surface area contributed by atoms with Gasteiger partial charge in [-0.05, 0) is 49.4 Å². The van der Waals surface area contributed by atoms with Crippen LogP contribution in [0.3, 0.4) is 0 Å². The summed E-state index contributed by atoms with van der Waals surface area (Å²) in [4.78, 5) is 21.0. The average molecular weight is 375 g/mol. The molecule has 0 spiro atoms. The largest absolute Gasteiger partial charge is 0.299 e. The molecule has 3 rings (SSSR count). The molecule has 1 aromatic carbocycles. The summed E-state index contributed by atoms with van der Waals surface area (Å²) in [5.41, 5.74) is 2.63. The summed E-state index contributed by atoms with van der Waals surface area (Å²) in [6, 6.07) is 6.61. The van der Waals surface area contributed by atoms with Gasteiger partial charge in [-0.3, -0.25) is 4.79 Å². The minimum Gasteiger partial charge on any atom is -0.299 e. The van der Waals surface area contributed by atoms with Gasteiger partial charge in [0.2, 0.25) is 5.28 Å². The Hall–Kier alpha value is -1.81. The highest BCUT2D eigenvalue weighted by atomic mass is 35.5. The molecule has 0 saturated heterocycles. The molecule has 0 bridgehead atoms. The van der Waals surface area contributed by atoms with E-state index in [-0.39, 0.29) is 28.2 Å². The van der Waals surface area contributed by atoms with Crippen molar-refractivity contribution in [2.75, 3.05) is 0 Å². The van der Waals surface area contributed by atoms with Crippen molar-refractivity contribution in [2.45, 2.75) is 58.3 Å². The van der Waals surface area contributed by atoms with E-state index in [1.54, 1.807) is 18.2 Å². The second kappa shape index (κ2) is 7.43. The zero-order valence-corrected chi connectivity index (χ0v) is 16.2. The summed E-state index contributed by atoms with van der Waals surface area (Å²) in [7, 11) is 0. The van der Waals surface area contributed by atoms with Crippen molar-refractivity contribution in [1.82, 2.24) is 9.97 Å². The summed E-state index contributed by atoms with van der Waals surface area (Å²) >= 11 is 6.21. The second-order valence-electron chi connectivity index (χ2n) is 7.68. The SMILES string of the molecule is CC(C)C(=O)CC[C@]1(C)CCCc2c(-c3ccccc3F)nc(Cl)nc21. The van der Waals surface area contributed by atoms with Gasteiger partial charge in [0.15, 0.2) is 0 Å². The minimum absolute atomic E-state index is 0.0321. The molecule has 0 amide bonds. The first-order valence-corrected chi connectivity index (χ1v) is 9.54. The summed E-state index contributed by atoms with van der Waals surface area (Å²) in [6.07, 6.45) is 3.94. The lowest BCUT2D eigenvalue weighted by Crippen LogP contribution is -2.31. The van der Waals surface area contributed by atoms with Crippen molar-refractivity contribution < 1.29 is 9.18 Å². The minimum atomic E-state index is -0.313.